The van der Waals surface area contributed by atoms with Gasteiger partial charge in [-0.1, -0.05) is 13.8 Å². The Balaban J connectivity index is 1.78. The number of aliphatic hydroxyl groups is 1. The maximum Gasteiger partial charge on any atom is 0.250 e. The van der Waals surface area contributed by atoms with E-state index >= 15 is 0 Å². The zero-order chi connectivity index (χ0) is 15.2. The molecule has 5 nitrogen and oxygen atoms in total. The van der Waals surface area contributed by atoms with Gasteiger partial charge in [-0.3, -0.25) is 4.79 Å². The molecule has 5 heteroatoms. The Labute approximate surface area is 127 Å². The van der Waals surface area contributed by atoms with Crippen molar-refractivity contribution in [3.8, 4) is 0 Å². The maximum absolute atomic E-state index is 12.1. The molecule has 1 saturated carbocycles. The molecule has 1 aliphatic carbocycles. The third-order valence-corrected chi connectivity index (χ3v) is 4.33. The summed E-state index contributed by atoms with van der Waals surface area (Å²) in [6.07, 6.45) is 3.29. The molecule has 0 aromatic rings. The molecular formula is C16H30N2O3. The third kappa shape index (κ3) is 5.93. The van der Waals surface area contributed by atoms with Crippen LogP contribution in [0, 0.1) is 17.8 Å². The molecule has 122 valence electrons. The first-order valence-electron chi connectivity index (χ1n) is 8.33. The quantitative estimate of drug-likeness (QED) is 0.592. The number of ether oxygens (including phenoxy) is 1. The van der Waals surface area contributed by atoms with Gasteiger partial charge < -0.3 is 20.5 Å². The van der Waals surface area contributed by atoms with Crippen LogP contribution in [-0.4, -0.2) is 49.5 Å². The van der Waals surface area contributed by atoms with Gasteiger partial charge in [0.05, 0.1) is 6.61 Å². The Morgan fingerprint density at radius 1 is 1.24 bits per heavy atom. The molecule has 2 rings (SSSR count). The van der Waals surface area contributed by atoms with E-state index in [4.69, 9.17) is 4.74 Å². The van der Waals surface area contributed by atoms with Crippen molar-refractivity contribution in [2.24, 2.45) is 17.8 Å². The minimum Gasteiger partial charge on any atom is -0.382 e. The first-order chi connectivity index (χ1) is 10.1. The highest BCUT2D eigenvalue weighted by Gasteiger charge is 2.29. The summed E-state index contributed by atoms with van der Waals surface area (Å²) in [4.78, 5) is 12.1. The van der Waals surface area contributed by atoms with Gasteiger partial charge in [0.2, 0.25) is 5.91 Å². The molecule has 2 unspecified atom stereocenters. The minimum atomic E-state index is -0.964. The lowest BCUT2D eigenvalue weighted by molar-refractivity contribution is -0.131. The fourth-order valence-corrected chi connectivity index (χ4v) is 2.75. The summed E-state index contributed by atoms with van der Waals surface area (Å²) >= 11 is 0. The fourth-order valence-electron chi connectivity index (χ4n) is 2.75. The largest absolute Gasteiger partial charge is 0.382 e. The second-order valence-corrected chi connectivity index (χ2v) is 7.01. The van der Waals surface area contributed by atoms with Gasteiger partial charge in [-0.05, 0) is 43.4 Å². The molecule has 0 aromatic carbocycles. The standard InChI is InChI=1S/C16H30N2O3/c1-11(2)7-14(17-9-13-5-6-21-10-13)15(19)16(20)18-8-12-3-4-12/h11-15,17,19H,3-10H2,1-2H3,(H,18,20)/t13-,14?,15?/m0/s1. The van der Waals surface area contributed by atoms with Gasteiger partial charge >= 0.3 is 0 Å². The smallest absolute Gasteiger partial charge is 0.250 e. The van der Waals surface area contributed by atoms with Gasteiger partial charge in [-0.2, -0.15) is 0 Å². The summed E-state index contributed by atoms with van der Waals surface area (Å²) in [6.45, 7) is 7.35. The molecule has 1 amide bonds. The van der Waals surface area contributed by atoms with E-state index in [1.54, 1.807) is 0 Å². The van der Waals surface area contributed by atoms with Crippen LogP contribution in [-0.2, 0) is 9.53 Å². The molecule has 21 heavy (non-hydrogen) atoms. The number of amides is 1. The number of rotatable bonds is 9. The Morgan fingerprint density at radius 2 is 2.00 bits per heavy atom. The summed E-state index contributed by atoms with van der Waals surface area (Å²) in [5, 5.41) is 16.6. The number of carbonyl (C=O) groups is 1. The average Bonchev–Trinajstić information content (AvgIpc) is 3.13. The predicted octanol–water partition coefficient (Wildman–Crippen LogP) is 0.914. The van der Waals surface area contributed by atoms with Gasteiger partial charge in [0, 0.05) is 25.7 Å². The lowest BCUT2D eigenvalue weighted by Crippen LogP contribution is -2.50. The normalized spacial score (nSPS) is 25.0. The molecule has 2 fully saturated rings. The molecule has 3 atom stereocenters. The highest BCUT2D eigenvalue weighted by atomic mass is 16.5. The van der Waals surface area contributed by atoms with Crippen molar-refractivity contribution >= 4 is 5.91 Å². The minimum absolute atomic E-state index is 0.176. The van der Waals surface area contributed by atoms with Crippen LogP contribution in [0.5, 0.6) is 0 Å². The van der Waals surface area contributed by atoms with Crippen molar-refractivity contribution in [2.45, 2.75) is 51.7 Å². The summed E-state index contributed by atoms with van der Waals surface area (Å²) in [5.74, 6) is 1.34. The number of hydrogen-bond acceptors (Lipinski definition) is 4. The van der Waals surface area contributed by atoms with Gasteiger partial charge in [-0.15, -0.1) is 0 Å². The van der Waals surface area contributed by atoms with Crippen molar-refractivity contribution in [3.63, 3.8) is 0 Å². The zero-order valence-corrected chi connectivity index (χ0v) is 13.3. The van der Waals surface area contributed by atoms with Crippen LogP contribution < -0.4 is 10.6 Å². The second kappa shape index (κ2) is 8.11. The van der Waals surface area contributed by atoms with Crippen molar-refractivity contribution in [2.75, 3.05) is 26.3 Å². The van der Waals surface area contributed by atoms with Crippen LogP contribution >= 0.6 is 0 Å². The van der Waals surface area contributed by atoms with Crippen molar-refractivity contribution in [1.29, 1.82) is 0 Å². The highest BCUT2D eigenvalue weighted by molar-refractivity contribution is 5.81. The van der Waals surface area contributed by atoms with E-state index < -0.39 is 6.10 Å². The monoisotopic (exact) mass is 298 g/mol. The van der Waals surface area contributed by atoms with E-state index in [1.807, 2.05) is 0 Å². The van der Waals surface area contributed by atoms with Crippen LogP contribution in [0.3, 0.4) is 0 Å². The van der Waals surface area contributed by atoms with Gasteiger partial charge in [-0.25, -0.2) is 0 Å². The molecule has 0 bridgehead atoms. The number of nitrogens with one attached hydrogen (secondary N) is 2. The number of hydrogen-bond donors (Lipinski definition) is 3. The van der Waals surface area contributed by atoms with Crippen molar-refractivity contribution < 1.29 is 14.6 Å². The molecule has 0 radical (unpaired) electrons. The summed E-state index contributed by atoms with van der Waals surface area (Å²) in [6, 6.07) is -0.176. The average molecular weight is 298 g/mol. The molecule has 1 heterocycles. The topological polar surface area (TPSA) is 70.6 Å². The maximum atomic E-state index is 12.1. The van der Waals surface area contributed by atoms with Gasteiger partial charge in [0.15, 0.2) is 0 Å². The summed E-state index contributed by atoms with van der Waals surface area (Å²) < 4.78 is 5.37. The van der Waals surface area contributed by atoms with E-state index in [2.05, 4.69) is 24.5 Å². The molecule has 1 aliphatic heterocycles. The summed E-state index contributed by atoms with van der Waals surface area (Å²) in [7, 11) is 0. The Morgan fingerprint density at radius 3 is 2.57 bits per heavy atom. The van der Waals surface area contributed by atoms with Crippen LogP contribution in [0.1, 0.15) is 39.5 Å². The highest BCUT2D eigenvalue weighted by Crippen LogP contribution is 2.27. The Kier molecular flexibility index (Phi) is 6.45. The molecule has 0 spiro atoms. The lowest BCUT2D eigenvalue weighted by atomic mass is 9.97. The van der Waals surface area contributed by atoms with E-state index in [0.717, 1.165) is 32.6 Å². The van der Waals surface area contributed by atoms with E-state index in [-0.39, 0.29) is 11.9 Å². The van der Waals surface area contributed by atoms with Crippen molar-refractivity contribution in [3.05, 3.63) is 0 Å². The Hall–Kier alpha value is -0.650. The van der Waals surface area contributed by atoms with Crippen LogP contribution in [0.25, 0.3) is 0 Å². The van der Waals surface area contributed by atoms with Crippen LogP contribution in [0.4, 0.5) is 0 Å². The second-order valence-electron chi connectivity index (χ2n) is 7.01. The van der Waals surface area contributed by atoms with E-state index in [9.17, 15) is 9.90 Å². The van der Waals surface area contributed by atoms with Crippen LogP contribution in [0.2, 0.25) is 0 Å². The molecule has 0 aromatic heterocycles. The van der Waals surface area contributed by atoms with Gasteiger partial charge in [0.25, 0.3) is 0 Å². The fraction of sp³-hybridized carbons (Fsp3) is 0.938. The first-order valence-corrected chi connectivity index (χ1v) is 8.33. The Bertz CT molecular complexity index is 325. The van der Waals surface area contributed by atoms with Gasteiger partial charge in [0.1, 0.15) is 6.10 Å². The van der Waals surface area contributed by atoms with E-state index in [0.29, 0.717) is 24.3 Å². The van der Waals surface area contributed by atoms with E-state index in [1.165, 1.54) is 12.8 Å². The first kappa shape index (κ1) is 16.7. The number of carbonyl (C=O) groups excluding carboxylic acids is 1. The molecule has 2 aliphatic rings. The molecule has 3 N–H and O–H groups in total. The molecular weight excluding hydrogens is 268 g/mol. The number of aliphatic hydroxyl groups excluding tert-OH is 1. The zero-order valence-electron chi connectivity index (χ0n) is 13.3. The lowest BCUT2D eigenvalue weighted by Gasteiger charge is -2.26. The summed E-state index contributed by atoms with van der Waals surface area (Å²) in [5.41, 5.74) is 0. The van der Waals surface area contributed by atoms with Crippen molar-refractivity contribution in [1.82, 2.24) is 10.6 Å². The SMILES string of the molecule is CC(C)CC(NC[C@@H]1CCOC1)C(O)C(=O)NCC1CC1. The predicted molar refractivity (Wildman–Crippen MR) is 81.9 cm³/mol. The molecule has 1 saturated heterocycles. The van der Waals surface area contributed by atoms with Crippen LogP contribution in [0.15, 0.2) is 0 Å². The third-order valence-electron chi connectivity index (χ3n) is 4.33.